The number of carbonyl (C=O) groups is 1. The molecule has 0 aliphatic heterocycles. The van der Waals surface area contributed by atoms with Crippen LogP contribution in [0.2, 0.25) is 0 Å². The van der Waals surface area contributed by atoms with Crippen molar-refractivity contribution >= 4 is 5.97 Å². The van der Waals surface area contributed by atoms with Crippen LogP contribution >= 0.6 is 0 Å². The van der Waals surface area contributed by atoms with Gasteiger partial charge in [0.15, 0.2) is 0 Å². The van der Waals surface area contributed by atoms with Gasteiger partial charge in [0.05, 0.1) is 5.56 Å². The van der Waals surface area contributed by atoms with Gasteiger partial charge in [-0.1, -0.05) is 43.3 Å². The van der Waals surface area contributed by atoms with Gasteiger partial charge in [0.2, 0.25) is 0 Å². The molecule has 0 aromatic heterocycles. The molecule has 2 rings (SSSR count). The first-order valence-electron chi connectivity index (χ1n) is 6.06. The number of hydrogen-bond acceptors (Lipinski definition) is 1. The van der Waals surface area contributed by atoms with E-state index >= 15 is 0 Å². The van der Waals surface area contributed by atoms with E-state index < -0.39 is 5.97 Å². The highest BCUT2D eigenvalue weighted by Gasteiger charge is 2.15. The molecule has 2 aromatic rings. The third-order valence-electron chi connectivity index (χ3n) is 3.25. The van der Waals surface area contributed by atoms with Gasteiger partial charge < -0.3 is 5.11 Å². The Balaban J connectivity index is 2.73. The molecule has 2 aromatic carbocycles. The third-order valence-corrected chi connectivity index (χ3v) is 3.25. The van der Waals surface area contributed by atoms with E-state index in [-0.39, 0.29) is 0 Å². The second-order valence-corrected chi connectivity index (χ2v) is 4.30. The highest BCUT2D eigenvalue weighted by Crippen LogP contribution is 2.30. The molecule has 0 aliphatic carbocycles. The SMILES string of the molecule is CCc1ccc(C(=O)O)c(-c2ccccc2)c1C. The van der Waals surface area contributed by atoms with Crippen LogP contribution in [0.5, 0.6) is 0 Å². The molecule has 0 heterocycles. The van der Waals surface area contributed by atoms with Gasteiger partial charge in [0.25, 0.3) is 0 Å². The van der Waals surface area contributed by atoms with E-state index in [0.717, 1.165) is 23.1 Å². The van der Waals surface area contributed by atoms with Gasteiger partial charge >= 0.3 is 5.97 Å². The van der Waals surface area contributed by atoms with Crippen LogP contribution in [0.1, 0.15) is 28.4 Å². The fourth-order valence-electron chi connectivity index (χ4n) is 2.29. The molecule has 0 amide bonds. The van der Waals surface area contributed by atoms with E-state index in [4.69, 9.17) is 0 Å². The molecule has 0 saturated carbocycles. The van der Waals surface area contributed by atoms with Crippen LogP contribution in [-0.2, 0) is 6.42 Å². The standard InChI is InChI=1S/C16H16O2/c1-3-12-9-10-14(16(17)18)15(11(12)2)13-7-5-4-6-8-13/h4-10H,3H2,1-2H3,(H,17,18). The summed E-state index contributed by atoms with van der Waals surface area (Å²) in [4.78, 5) is 11.3. The van der Waals surface area contributed by atoms with Crippen LogP contribution in [0.25, 0.3) is 11.1 Å². The van der Waals surface area contributed by atoms with Crippen molar-refractivity contribution in [3.8, 4) is 11.1 Å². The number of rotatable bonds is 3. The van der Waals surface area contributed by atoms with Gasteiger partial charge in [-0.3, -0.25) is 0 Å². The van der Waals surface area contributed by atoms with Gasteiger partial charge in [-0.05, 0) is 41.7 Å². The number of carboxylic acids is 1. The van der Waals surface area contributed by atoms with Crippen LogP contribution in [0, 0.1) is 6.92 Å². The summed E-state index contributed by atoms with van der Waals surface area (Å²) in [6.45, 7) is 4.07. The van der Waals surface area contributed by atoms with Crippen LogP contribution in [-0.4, -0.2) is 11.1 Å². The van der Waals surface area contributed by atoms with Crippen molar-refractivity contribution in [2.24, 2.45) is 0 Å². The first-order valence-corrected chi connectivity index (χ1v) is 6.06. The number of carboxylic acid groups (broad SMARTS) is 1. The molecule has 0 radical (unpaired) electrons. The summed E-state index contributed by atoms with van der Waals surface area (Å²) in [6, 6.07) is 13.3. The molecule has 0 atom stereocenters. The first-order chi connectivity index (χ1) is 8.65. The average Bonchev–Trinajstić information content (AvgIpc) is 2.39. The maximum absolute atomic E-state index is 11.3. The largest absolute Gasteiger partial charge is 0.478 e. The highest BCUT2D eigenvalue weighted by atomic mass is 16.4. The van der Waals surface area contributed by atoms with Gasteiger partial charge in [-0.2, -0.15) is 0 Å². The molecule has 0 spiro atoms. The Morgan fingerprint density at radius 1 is 1.11 bits per heavy atom. The zero-order valence-corrected chi connectivity index (χ0v) is 10.6. The smallest absolute Gasteiger partial charge is 0.336 e. The highest BCUT2D eigenvalue weighted by molar-refractivity contribution is 5.97. The van der Waals surface area contributed by atoms with Crippen LogP contribution in [0.15, 0.2) is 42.5 Å². The second kappa shape index (κ2) is 5.05. The molecule has 2 nitrogen and oxygen atoms in total. The number of aromatic carboxylic acids is 1. The Kier molecular flexibility index (Phi) is 3.47. The molecule has 0 saturated heterocycles. The van der Waals surface area contributed by atoms with E-state index in [9.17, 15) is 9.90 Å². The van der Waals surface area contributed by atoms with E-state index in [1.165, 1.54) is 5.56 Å². The topological polar surface area (TPSA) is 37.3 Å². The summed E-state index contributed by atoms with van der Waals surface area (Å²) < 4.78 is 0. The average molecular weight is 240 g/mol. The minimum absolute atomic E-state index is 0.371. The van der Waals surface area contributed by atoms with Crippen molar-refractivity contribution in [3.63, 3.8) is 0 Å². The summed E-state index contributed by atoms with van der Waals surface area (Å²) in [6.07, 6.45) is 0.908. The summed E-state index contributed by atoms with van der Waals surface area (Å²) in [5.41, 5.74) is 4.42. The Hall–Kier alpha value is -2.09. The van der Waals surface area contributed by atoms with Crippen LogP contribution < -0.4 is 0 Å². The molecule has 18 heavy (non-hydrogen) atoms. The fraction of sp³-hybridized carbons (Fsp3) is 0.188. The predicted octanol–water partition coefficient (Wildman–Crippen LogP) is 3.92. The van der Waals surface area contributed by atoms with E-state index in [0.29, 0.717) is 5.56 Å². The summed E-state index contributed by atoms with van der Waals surface area (Å²) in [7, 11) is 0. The minimum atomic E-state index is -0.875. The lowest BCUT2D eigenvalue weighted by atomic mass is 9.91. The molecule has 2 heteroatoms. The summed E-state index contributed by atoms with van der Waals surface area (Å²) >= 11 is 0. The number of benzene rings is 2. The fourth-order valence-corrected chi connectivity index (χ4v) is 2.29. The first kappa shape index (κ1) is 12.4. The third kappa shape index (κ3) is 2.14. The van der Waals surface area contributed by atoms with Crippen LogP contribution in [0.4, 0.5) is 0 Å². The van der Waals surface area contributed by atoms with Crippen molar-refractivity contribution in [2.45, 2.75) is 20.3 Å². The van der Waals surface area contributed by atoms with Gasteiger partial charge in [-0.25, -0.2) is 4.79 Å². The van der Waals surface area contributed by atoms with E-state index in [2.05, 4.69) is 6.92 Å². The van der Waals surface area contributed by atoms with Crippen LogP contribution in [0.3, 0.4) is 0 Å². The maximum atomic E-state index is 11.3. The van der Waals surface area contributed by atoms with Crippen molar-refractivity contribution in [2.75, 3.05) is 0 Å². The zero-order valence-electron chi connectivity index (χ0n) is 10.6. The van der Waals surface area contributed by atoms with E-state index in [1.807, 2.05) is 43.3 Å². The van der Waals surface area contributed by atoms with E-state index in [1.54, 1.807) is 6.07 Å². The minimum Gasteiger partial charge on any atom is -0.478 e. The summed E-state index contributed by atoms with van der Waals surface area (Å²) in [5, 5.41) is 9.32. The molecule has 0 aliphatic rings. The Labute approximate surface area is 107 Å². The predicted molar refractivity (Wildman–Crippen MR) is 73.0 cm³/mol. The molecule has 0 unspecified atom stereocenters. The number of aryl methyl sites for hydroxylation is 1. The zero-order chi connectivity index (χ0) is 13.1. The quantitative estimate of drug-likeness (QED) is 0.882. The van der Waals surface area contributed by atoms with Gasteiger partial charge in [0, 0.05) is 0 Å². The molecule has 0 bridgehead atoms. The molecule has 0 fully saturated rings. The second-order valence-electron chi connectivity index (χ2n) is 4.30. The maximum Gasteiger partial charge on any atom is 0.336 e. The Bertz CT molecular complexity index is 571. The van der Waals surface area contributed by atoms with Crippen molar-refractivity contribution in [1.82, 2.24) is 0 Å². The lowest BCUT2D eigenvalue weighted by Crippen LogP contribution is -2.03. The Morgan fingerprint density at radius 2 is 1.78 bits per heavy atom. The molecule has 1 N–H and O–H groups in total. The summed E-state index contributed by atoms with van der Waals surface area (Å²) in [5.74, 6) is -0.875. The Morgan fingerprint density at radius 3 is 2.33 bits per heavy atom. The van der Waals surface area contributed by atoms with Gasteiger partial charge in [0.1, 0.15) is 0 Å². The van der Waals surface area contributed by atoms with Crippen molar-refractivity contribution in [3.05, 3.63) is 59.2 Å². The monoisotopic (exact) mass is 240 g/mol. The van der Waals surface area contributed by atoms with Gasteiger partial charge in [-0.15, -0.1) is 0 Å². The van der Waals surface area contributed by atoms with Crippen molar-refractivity contribution < 1.29 is 9.90 Å². The lowest BCUT2D eigenvalue weighted by Gasteiger charge is -2.13. The molecule has 92 valence electrons. The molecular weight excluding hydrogens is 224 g/mol. The number of hydrogen-bond donors (Lipinski definition) is 1. The normalized spacial score (nSPS) is 10.3. The van der Waals surface area contributed by atoms with Crippen molar-refractivity contribution in [1.29, 1.82) is 0 Å². The lowest BCUT2D eigenvalue weighted by molar-refractivity contribution is 0.0697. The molecular formula is C16H16O2.